The maximum atomic E-state index is 4.47. The third kappa shape index (κ3) is 3.87. The van der Waals surface area contributed by atoms with E-state index in [1.54, 1.807) is 0 Å². The van der Waals surface area contributed by atoms with E-state index in [-0.39, 0.29) is 0 Å². The van der Waals surface area contributed by atoms with Crippen LogP contribution in [0.2, 0.25) is 0 Å². The van der Waals surface area contributed by atoms with Gasteiger partial charge in [0, 0.05) is 44.0 Å². The standard InChI is InChI=1S/C22H26N4/c1-18(25-12-11-20-7-5-6-8-21(20)17-25)13-23-14-19-15-24-26(16-19)22-9-3-2-4-10-22/h2-10,15-16,18,23H,11-14,17H2,1H3/t18-/m0/s1. The van der Waals surface area contributed by atoms with Crippen LogP contribution in [0.1, 0.15) is 23.6 Å². The number of rotatable bonds is 6. The van der Waals surface area contributed by atoms with Gasteiger partial charge in [0.15, 0.2) is 0 Å². The molecule has 134 valence electrons. The van der Waals surface area contributed by atoms with E-state index in [2.05, 4.69) is 64.8 Å². The molecule has 1 N–H and O–H groups in total. The van der Waals surface area contributed by atoms with Crippen LogP contribution in [0.3, 0.4) is 0 Å². The highest BCUT2D eigenvalue weighted by atomic mass is 15.3. The number of hydrogen-bond donors (Lipinski definition) is 1. The normalized spacial score (nSPS) is 15.6. The van der Waals surface area contributed by atoms with E-state index in [1.165, 1.54) is 16.7 Å². The summed E-state index contributed by atoms with van der Waals surface area (Å²) in [5.41, 5.74) is 5.30. The predicted octanol–water partition coefficient (Wildman–Crippen LogP) is 3.41. The van der Waals surface area contributed by atoms with Gasteiger partial charge in [0.2, 0.25) is 0 Å². The third-order valence-electron chi connectivity index (χ3n) is 5.21. The number of para-hydroxylation sites is 1. The average molecular weight is 346 g/mol. The molecule has 0 fully saturated rings. The van der Waals surface area contributed by atoms with Gasteiger partial charge in [-0.2, -0.15) is 5.10 Å². The molecule has 0 bridgehead atoms. The Hall–Kier alpha value is -2.43. The molecular weight excluding hydrogens is 320 g/mol. The van der Waals surface area contributed by atoms with Crippen LogP contribution in [0.4, 0.5) is 0 Å². The van der Waals surface area contributed by atoms with E-state index >= 15 is 0 Å². The first-order chi connectivity index (χ1) is 12.8. The summed E-state index contributed by atoms with van der Waals surface area (Å²) in [5.74, 6) is 0. The van der Waals surface area contributed by atoms with Crippen LogP contribution < -0.4 is 5.32 Å². The Balaban J connectivity index is 1.28. The van der Waals surface area contributed by atoms with Gasteiger partial charge >= 0.3 is 0 Å². The first kappa shape index (κ1) is 17.0. The monoisotopic (exact) mass is 346 g/mol. The van der Waals surface area contributed by atoms with Gasteiger partial charge in [-0.05, 0) is 36.6 Å². The molecule has 3 aromatic rings. The second-order valence-electron chi connectivity index (χ2n) is 7.10. The molecular formula is C22H26N4. The molecule has 0 amide bonds. The van der Waals surface area contributed by atoms with Crippen molar-refractivity contribution in [2.24, 2.45) is 0 Å². The van der Waals surface area contributed by atoms with Crippen molar-refractivity contribution in [2.45, 2.75) is 32.5 Å². The van der Waals surface area contributed by atoms with Crippen molar-refractivity contribution >= 4 is 0 Å². The summed E-state index contributed by atoms with van der Waals surface area (Å²) >= 11 is 0. The molecule has 26 heavy (non-hydrogen) atoms. The Morgan fingerprint density at radius 1 is 1.04 bits per heavy atom. The fourth-order valence-corrected chi connectivity index (χ4v) is 3.62. The third-order valence-corrected chi connectivity index (χ3v) is 5.21. The lowest BCUT2D eigenvalue weighted by atomic mass is 9.99. The number of nitrogens with one attached hydrogen (secondary N) is 1. The number of hydrogen-bond acceptors (Lipinski definition) is 3. The van der Waals surface area contributed by atoms with E-state index in [4.69, 9.17) is 0 Å². The summed E-state index contributed by atoms with van der Waals surface area (Å²) in [4.78, 5) is 2.57. The largest absolute Gasteiger partial charge is 0.311 e. The average Bonchev–Trinajstić information content (AvgIpc) is 3.17. The summed E-state index contributed by atoms with van der Waals surface area (Å²) in [6, 6.07) is 19.6. The minimum Gasteiger partial charge on any atom is -0.311 e. The summed E-state index contributed by atoms with van der Waals surface area (Å²) in [6.45, 7) is 6.35. The van der Waals surface area contributed by atoms with Crippen LogP contribution in [0, 0.1) is 0 Å². The Labute approximate surface area is 155 Å². The van der Waals surface area contributed by atoms with Crippen LogP contribution in [0.5, 0.6) is 0 Å². The molecule has 1 aliphatic rings. The van der Waals surface area contributed by atoms with E-state index in [1.807, 2.05) is 29.1 Å². The maximum absolute atomic E-state index is 4.47. The SMILES string of the molecule is C[C@@H](CNCc1cnn(-c2ccccc2)c1)N1CCc2ccccc2C1. The van der Waals surface area contributed by atoms with Crippen LogP contribution in [-0.2, 0) is 19.5 Å². The van der Waals surface area contributed by atoms with Crippen LogP contribution >= 0.6 is 0 Å². The van der Waals surface area contributed by atoms with E-state index in [0.717, 1.165) is 38.3 Å². The van der Waals surface area contributed by atoms with Crippen molar-refractivity contribution in [3.63, 3.8) is 0 Å². The molecule has 0 saturated carbocycles. The van der Waals surface area contributed by atoms with Gasteiger partial charge in [-0.1, -0.05) is 42.5 Å². The zero-order chi connectivity index (χ0) is 17.8. The van der Waals surface area contributed by atoms with Gasteiger partial charge in [0.05, 0.1) is 11.9 Å². The molecule has 0 unspecified atom stereocenters. The fourth-order valence-electron chi connectivity index (χ4n) is 3.62. The number of fused-ring (bicyclic) bond motifs is 1. The molecule has 4 nitrogen and oxygen atoms in total. The second kappa shape index (κ2) is 7.85. The van der Waals surface area contributed by atoms with Gasteiger partial charge in [0.1, 0.15) is 0 Å². The van der Waals surface area contributed by atoms with Crippen molar-refractivity contribution < 1.29 is 0 Å². The zero-order valence-electron chi connectivity index (χ0n) is 15.3. The molecule has 2 aromatic carbocycles. The second-order valence-corrected chi connectivity index (χ2v) is 7.10. The number of benzene rings is 2. The minimum absolute atomic E-state index is 0.521. The molecule has 0 radical (unpaired) electrons. The highest BCUT2D eigenvalue weighted by molar-refractivity contribution is 5.31. The van der Waals surface area contributed by atoms with Gasteiger partial charge in [-0.15, -0.1) is 0 Å². The van der Waals surface area contributed by atoms with Gasteiger partial charge in [-0.25, -0.2) is 4.68 Å². The summed E-state index contributed by atoms with van der Waals surface area (Å²) in [5, 5.41) is 8.06. The molecule has 0 spiro atoms. The van der Waals surface area contributed by atoms with Crippen molar-refractivity contribution in [2.75, 3.05) is 13.1 Å². The van der Waals surface area contributed by atoms with Crippen LogP contribution in [0.25, 0.3) is 5.69 Å². The summed E-state index contributed by atoms with van der Waals surface area (Å²) in [6.07, 6.45) is 5.20. The highest BCUT2D eigenvalue weighted by Crippen LogP contribution is 2.20. The molecule has 1 atom stereocenters. The minimum atomic E-state index is 0.521. The first-order valence-corrected chi connectivity index (χ1v) is 9.40. The van der Waals surface area contributed by atoms with Crippen LogP contribution in [0.15, 0.2) is 67.0 Å². The van der Waals surface area contributed by atoms with Crippen molar-refractivity contribution in [3.8, 4) is 5.69 Å². The topological polar surface area (TPSA) is 33.1 Å². The zero-order valence-corrected chi connectivity index (χ0v) is 15.3. The van der Waals surface area contributed by atoms with Gasteiger partial charge in [0.25, 0.3) is 0 Å². The Kier molecular flexibility index (Phi) is 5.14. The van der Waals surface area contributed by atoms with Gasteiger partial charge in [-0.3, -0.25) is 4.90 Å². The van der Waals surface area contributed by atoms with E-state index in [9.17, 15) is 0 Å². The Morgan fingerprint density at radius 2 is 1.81 bits per heavy atom. The molecule has 0 aliphatic carbocycles. The van der Waals surface area contributed by atoms with E-state index < -0.39 is 0 Å². The number of nitrogens with zero attached hydrogens (tertiary/aromatic N) is 3. The highest BCUT2D eigenvalue weighted by Gasteiger charge is 2.19. The van der Waals surface area contributed by atoms with Gasteiger partial charge < -0.3 is 5.32 Å². The van der Waals surface area contributed by atoms with Crippen molar-refractivity contribution in [1.82, 2.24) is 20.0 Å². The quantitative estimate of drug-likeness (QED) is 0.742. The summed E-state index contributed by atoms with van der Waals surface area (Å²) < 4.78 is 1.93. The predicted molar refractivity (Wildman–Crippen MR) is 105 cm³/mol. The number of aromatic nitrogens is 2. The smallest absolute Gasteiger partial charge is 0.0645 e. The van der Waals surface area contributed by atoms with E-state index in [0.29, 0.717) is 6.04 Å². The van der Waals surface area contributed by atoms with Crippen LogP contribution in [-0.4, -0.2) is 33.8 Å². The molecule has 1 aliphatic heterocycles. The first-order valence-electron chi connectivity index (χ1n) is 9.40. The Morgan fingerprint density at radius 3 is 2.65 bits per heavy atom. The molecule has 0 saturated heterocycles. The maximum Gasteiger partial charge on any atom is 0.0645 e. The summed E-state index contributed by atoms with van der Waals surface area (Å²) in [7, 11) is 0. The lowest BCUT2D eigenvalue weighted by Gasteiger charge is -2.33. The molecule has 2 heterocycles. The molecule has 1 aromatic heterocycles. The van der Waals surface area contributed by atoms with Crippen molar-refractivity contribution in [3.05, 3.63) is 83.7 Å². The lowest BCUT2D eigenvalue weighted by Crippen LogP contribution is -2.42. The lowest BCUT2D eigenvalue weighted by molar-refractivity contribution is 0.186. The van der Waals surface area contributed by atoms with Crippen molar-refractivity contribution in [1.29, 1.82) is 0 Å². The fraction of sp³-hybridized carbons (Fsp3) is 0.318. The molecule has 4 rings (SSSR count). The molecule has 4 heteroatoms. The Bertz CT molecular complexity index is 840.